The van der Waals surface area contributed by atoms with Gasteiger partial charge in [0.1, 0.15) is 5.75 Å². The van der Waals surface area contributed by atoms with Crippen LogP contribution in [0.5, 0.6) is 5.75 Å². The Bertz CT molecular complexity index is 1080. The number of amides is 3. The second-order valence-electron chi connectivity index (χ2n) is 7.08. The molecule has 3 rings (SSSR count). The van der Waals surface area contributed by atoms with E-state index in [2.05, 4.69) is 16.0 Å². The number of carbonyl (C=O) groups is 3. The number of benzene rings is 3. The van der Waals surface area contributed by atoms with Crippen LogP contribution in [-0.2, 0) is 4.79 Å². The van der Waals surface area contributed by atoms with Gasteiger partial charge in [-0.15, -0.1) is 0 Å². The number of fused-ring (bicyclic) bond motifs is 1. The lowest BCUT2D eigenvalue weighted by Gasteiger charge is -2.08. The molecule has 3 aromatic rings. The second kappa shape index (κ2) is 10.8. The van der Waals surface area contributed by atoms with E-state index in [0.29, 0.717) is 30.6 Å². The lowest BCUT2D eigenvalue weighted by atomic mass is 10.1. The van der Waals surface area contributed by atoms with E-state index < -0.39 is 0 Å². The molecule has 0 atom stereocenters. The van der Waals surface area contributed by atoms with Crippen LogP contribution in [0.25, 0.3) is 10.8 Å². The van der Waals surface area contributed by atoms with Crippen molar-refractivity contribution in [3.63, 3.8) is 0 Å². The molecule has 3 aromatic carbocycles. The zero-order chi connectivity index (χ0) is 22.1. The van der Waals surface area contributed by atoms with Crippen LogP contribution >= 0.6 is 0 Å². The number of rotatable bonds is 9. The van der Waals surface area contributed by atoms with Gasteiger partial charge in [0.05, 0.1) is 0 Å². The molecule has 7 nitrogen and oxygen atoms in total. The highest BCUT2D eigenvalue weighted by atomic mass is 16.3. The minimum atomic E-state index is -0.279. The van der Waals surface area contributed by atoms with Gasteiger partial charge < -0.3 is 21.1 Å². The SMILES string of the molecule is O=C(CCNC(=O)c1ccc2ccccc2c1)NCCCNC(=O)c1cccc(O)c1. The summed E-state index contributed by atoms with van der Waals surface area (Å²) in [4.78, 5) is 36.1. The van der Waals surface area contributed by atoms with E-state index >= 15 is 0 Å². The molecule has 7 heteroatoms. The molecule has 0 aliphatic heterocycles. The van der Waals surface area contributed by atoms with Gasteiger partial charge in [0.2, 0.25) is 5.91 Å². The third-order valence-electron chi connectivity index (χ3n) is 4.72. The first-order valence-corrected chi connectivity index (χ1v) is 10.1. The minimum Gasteiger partial charge on any atom is -0.508 e. The van der Waals surface area contributed by atoms with Crippen molar-refractivity contribution >= 4 is 28.5 Å². The van der Waals surface area contributed by atoms with Crippen molar-refractivity contribution in [3.8, 4) is 5.75 Å². The first kappa shape index (κ1) is 21.8. The Balaban J connectivity index is 1.30. The van der Waals surface area contributed by atoms with Crippen molar-refractivity contribution in [2.45, 2.75) is 12.8 Å². The molecule has 31 heavy (non-hydrogen) atoms. The van der Waals surface area contributed by atoms with Gasteiger partial charge in [0.15, 0.2) is 0 Å². The predicted molar refractivity (Wildman–Crippen MR) is 119 cm³/mol. The summed E-state index contributed by atoms with van der Waals surface area (Å²) in [5, 5.41) is 19.7. The van der Waals surface area contributed by atoms with E-state index in [4.69, 9.17) is 0 Å². The maximum Gasteiger partial charge on any atom is 0.251 e. The van der Waals surface area contributed by atoms with Crippen molar-refractivity contribution in [2.75, 3.05) is 19.6 Å². The van der Waals surface area contributed by atoms with Gasteiger partial charge >= 0.3 is 0 Å². The van der Waals surface area contributed by atoms with Crippen LogP contribution in [0.3, 0.4) is 0 Å². The summed E-state index contributed by atoms with van der Waals surface area (Å²) in [6, 6.07) is 19.4. The molecule has 0 aromatic heterocycles. The highest BCUT2D eigenvalue weighted by Gasteiger charge is 2.08. The van der Waals surface area contributed by atoms with Crippen LogP contribution in [0, 0.1) is 0 Å². The van der Waals surface area contributed by atoms with Gasteiger partial charge in [-0.05, 0) is 47.5 Å². The smallest absolute Gasteiger partial charge is 0.251 e. The molecule has 4 N–H and O–H groups in total. The van der Waals surface area contributed by atoms with E-state index in [1.54, 1.807) is 18.2 Å². The molecule has 3 amide bonds. The van der Waals surface area contributed by atoms with Crippen molar-refractivity contribution in [1.82, 2.24) is 16.0 Å². The van der Waals surface area contributed by atoms with Crippen molar-refractivity contribution in [1.29, 1.82) is 0 Å². The summed E-state index contributed by atoms with van der Waals surface area (Å²) in [5.41, 5.74) is 0.938. The third kappa shape index (κ3) is 6.57. The zero-order valence-electron chi connectivity index (χ0n) is 17.1. The van der Waals surface area contributed by atoms with Gasteiger partial charge in [0.25, 0.3) is 11.8 Å². The fraction of sp³-hybridized carbons (Fsp3) is 0.208. The number of aromatic hydroxyl groups is 1. The molecule has 160 valence electrons. The second-order valence-corrected chi connectivity index (χ2v) is 7.08. The van der Waals surface area contributed by atoms with E-state index in [1.807, 2.05) is 36.4 Å². The fourth-order valence-electron chi connectivity index (χ4n) is 3.08. The monoisotopic (exact) mass is 419 g/mol. The molecule has 0 bridgehead atoms. The van der Waals surface area contributed by atoms with E-state index in [9.17, 15) is 19.5 Å². The Morgan fingerprint density at radius 2 is 1.35 bits per heavy atom. The quantitative estimate of drug-likeness (QED) is 0.400. The van der Waals surface area contributed by atoms with Crippen LogP contribution in [-0.4, -0.2) is 42.5 Å². The molecule has 0 saturated carbocycles. The number of phenols is 1. The van der Waals surface area contributed by atoms with Crippen LogP contribution in [0.2, 0.25) is 0 Å². The first-order chi connectivity index (χ1) is 15.0. The predicted octanol–water partition coefficient (Wildman–Crippen LogP) is 2.60. The number of carbonyl (C=O) groups excluding carboxylic acids is 3. The summed E-state index contributed by atoms with van der Waals surface area (Å²) >= 11 is 0. The van der Waals surface area contributed by atoms with Crippen LogP contribution in [0.4, 0.5) is 0 Å². The summed E-state index contributed by atoms with van der Waals surface area (Å²) in [7, 11) is 0. The summed E-state index contributed by atoms with van der Waals surface area (Å²) in [6.07, 6.45) is 0.745. The van der Waals surface area contributed by atoms with Gasteiger partial charge in [-0.3, -0.25) is 14.4 Å². The third-order valence-corrected chi connectivity index (χ3v) is 4.72. The fourth-order valence-corrected chi connectivity index (χ4v) is 3.08. The summed E-state index contributed by atoms with van der Waals surface area (Å²) < 4.78 is 0. The molecule has 0 radical (unpaired) electrons. The molecule has 0 saturated heterocycles. The zero-order valence-corrected chi connectivity index (χ0v) is 17.1. The van der Waals surface area contributed by atoms with Crippen LogP contribution in [0.1, 0.15) is 33.6 Å². The molecule has 0 unspecified atom stereocenters. The number of hydrogen-bond acceptors (Lipinski definition) is 4. The average Bonchev–Trinajstić information content (AvgIpc) is 2.78. The lowest BCUT2D eigenvalue weighted by Crippen LogP contribution is -2.32. The summed E-state index contributed by atoms with van der Waals surface area (Å²) in [6.45, 7) is 1.05. The minimum absolute atomic E-state index is 0.0348. The Morgan fingerprint density at radius 1 is 0.677 bits per heavy atom. The van der Waals surface area contributed by atoms with E-state index in [0.717, 1.165) is 10.8 Å². The molecule has 0 spiro atoms. The van der Waals surface area contributed by atoms with Gasteiger partial charge in [-0.1, -0.05) is 36.4 Å². The van der Waals surface area contributed by atoms with Gasteiger partial charge in [-0.2, -0.15) is 0 Å². The van der Waals surface area contributed by atoms with Gasteiger partial charge in [0, 0.05) is 37.2 Å². The van der Waals surface area contributed by atoms with Gasteiger partial charge in [-0.25, -0.2) is 0 Å². The number of hydrogen-bond donors (Lipinski definition) is 4. The van der Waals surface area contributed by atoms with Crippen LogP contribution < -0.4 is 16.0 Å². The van der Waals surface area contributed by atoms with Crippen molar-refractivity contribution in [3.05, 3.63) is 77.9 Å². The highest BCUT2D eigenvalue weighted by Crippen LogP contribution is 2.15. The molecular formula is C24H25N3O4. The standard InChI is InChI=1S/C24H25N3O4/c28-21-8-3-7-19(16-21)23(30)26-13-4-12-25-22(29)11-14-27-24(31)20-10-9-17-5-1-2-6-18(17)15-20/h1-3,5-10,15-16,28H,4,11-14H2,(H,25,29)(H,26,30)(H,27,31). The lowest BCUT2D eigenvalue weighted by molar-refractivity contribution is -0.120. The molecule has 0 fully saturated rings. The Kier molecular flexibility index (Phi) is 7.59. The van der Waals surface area contributed by atoms with E-state index in [-0.39, 0.29) is 36.4 Å². The number of phenolic OH excluding ortho intramolecular Hbond substituents is 1. The molecule has 0 aliphatic carbocycles. The molecule has 0 heterocycles. The largest absolute Gasteiger partial charge is 0.508 e. The average molecular weight is 419 g/mol. The van der Waals surface area contributed by atoms with Crippen LogP contribution in [0.15, 0.2) is 66.7 Å². The summed E-state index contributed by atoms with van der Waals surface area (Å²) in [5.74, 6) is -0.627. The molecule has 0 aliphatic rings. The number of nitrogens with one attached hydrogen (secondary N) is 3. The maximum absolute atomic E-state index is 12.3. The topological polar surface area (TPSA) is 108 Å². The Labute approximate surface area is 180 Å². The van der Waals surface area contributed by atoms with Crippen molar-refractivity contribution < 1.29 is 19.5 Å². The Morgan fingerprint density at radius 3 is 2.13 bits per heavy atom. The molecular weight excluding hydrogens is 394 g/mol. The first-order valence-electron chi connectivity index (χ1n) is 10.1. The Hall–Kier alpha value is -3.87. The highest BCUT2D eigenvalue weighted by molar-refractivity contribution is 5.98. The van der Waals surface area contributed by atoms with E-state index in [1.165, 1.54) is 12.1 Å². The van der Waals surface area contributed by atoms with Crippen molar-refractivity contribution in [2.24, 2.45) is 0 Å². The maximum atomic E-state index is 12.3. The normalized spacial score (nSPS) is 10.5.